The summed E-state index contributed by atoms with van der Waals surface area (Å²) in [7, 11) is 0. The van der Waals surface area contributed by atoms with Crippen LogP contribution in [0, 0.1) is 28.6 Å². The molecule has 0 heterocycles. The van der Waals surface area contributed by atoms with Crippen LogP contribution in [0.15, 0.2) is 0 Å². The fourth-order valence-corrected chi connectivity index (χ4v) is 7.62. The van der Waals surface area contributed by atoms with E-state index in [0.29, 0.717) is 31.1 Å². The van der Waals surface area contributed by atoms with E-state index in [4.69, 9.17) is 5.73 Å². The summed E-state index contributed by atoms with van der Waals surface area (Å²) in [5.41, 5.74) is 3.48. The minimum atomic E-state index is -1.33. The Labute approximate surface area is 150 Å². The molecule has 0 aromatic carbocycles. The van der Waals surface area contributed by atoms with Crippen LogP contribution in [0.2, 0.25) is 0 Å². The molecule has 4 saturated carbocycles. The highest BCUT2D eigenvalue weighted by Crippen LogP contribution is 2.69. The second-order valence-electron chi connectivity index (χ2n) is 9.99. The normalized spacial score (nSPS) is 58.1. The summed E-state index contributed by atoms with van der Waals surface area (Å²) in [6, 6.07) is 0. The fraction of sp³-hybridized carbons (Fsp3) is 0.950. The van der Waals surface area contributed by atoms with Gasteiger partial charge in [0.15, 0.2) is 0 Å². The van der Waals surface area contributed by atoms with Gasteiger partial charge in [0, 0.05) is 5.41 Å². The molecule has 0 aromatic heterocycles. The number of carboxylic acids is 1. The number of fused-ring (bicyclic) bond motifs is 5. The Morgan fingerprint density at radius 3 is 2.40 bits per heavy atom. The Kier molecular flexibility index (Phi) is 3.69. The summed E-state index contributed by atoms with van der Waals surface area (Å²) in [4.78, 5) is 11.9. The van der Waals surface area contributed by atoms with Crippen molar-refractivity contribution in [3.63, 3.8) is 0 Å². The Bertz CT molecular complexity index is 596. The third-order valence-corrected chi connectivity index (χ3v) is 9.46. The minimum absolute atomic E-state index is 0.132. The number of carboxylic acid groups (broad SMARTS) is 1. The van der Waals surface area contributed by atoms with Gasteiger partial charge < -0.3 is 21.1 Å². The van der Waals surface area contributed by atoms with Crippen LogP contribution < -0.4 is 5.73 Å². The average molecular weight is 351 g/mol. The van der Waals surface area contributed by atoms with Crippen molar-refractivity contribution in [2.24, 2.45) is 34.3 Å². The fourth-order valence-electron chi connectivity index (χ4n) is 7.62. The van der Waals surface area contributed by atoms with E-state index in [1.807, 2.05) is 6.92 Å². The standard InChI is InChI=1S/C20H33NO4/c1-17-7-5-13(22)11-12(17)3-4-15-14(17)6-8-18(2)19(21,16(23)24)9-10-20(15,18)25/h12-15,22,25H,3-11,21H2,1-2H3,(H,23,24)/t12-,13+,14?,15?,17+,18-,19-,20+/m1/s1. The maximum atomic E-state index is 11.9. The molecule has 0 radical (unpaired) electrons. The smallest absolute Gasteiger partial charge is 0.324 e. The first-order valence-electron chi connectivity index (χ1n) is 10.0. The van der Waals surface area contributed by atoms with Gasteiger partial charge in [-0.05, 0) is 81.0 Å². The Hall–Kier alpha value is -0.650. The maximum absolute atomic E-state index is 11.9. The molecule has 142 valence electrons. The third-order valence-electron chi connectivity index (χ3n) is 9.46. The molecule has 0 spiro atoms. The van der Waals surface area contributed by atoms with Gasteiger partial charge in [0.2, 0.25) is 0 Å². The highest BCUT2D eigenvalue weighted by molar-refractivity contribution is 5.81. The maximum Gasteiger partial charge on any atom is 0.324 e. The summed E-state index contributed by atoms with van der Waals surface area (Å²) >= 11 is 0. The van der Waals surface area contributed by atoms with Gasteiger partial charge in [-0.15, -0.1) is 0 Å². The molecule has 25 heavy (non-hydrogen) atoms. The monoisotopic (exact) mass is 351 g/mol. The molecule has 8 atom stereocenters. The molecule has 4 aliphatic rings. The second-order valence-corrected chi connectivity index (χ2v) is 9.99. The van der Waals surface area contributed by atoms with E-state index < -0.39 is 22.5 Å². The van der Waals surface area contributed by atoms with E-state index in [9.17, 15) is 20.1 Å². The van der Waals surface area contributed by atoms with Gasteiger partial charge in [0.05, 0.1) is 11.7 Å². The molecule has 5 nitrogen and oxygen atoms in total. The van der Waals surface area contributed by atoms with Crippen LogP contribution >= 0.6 is 0 Å². The molecule has 4 aliphatic carbocycles. The van der Waals surface area contributed by atoms with Crippen LogP contribution in [0.5, 0.6) is 0 Å². The number of rotatable bonds is 1. The number of aliphatic hydroxyl groups is 2. The van der Waals surface area contributed by atoms with Crippen molar-refractivity contribution >= 4 is 5.97 Å². The number of hydrogen-bond acceptors (Lipinski definition) is 4. The number of hydrogen-bond donors (Lipinski definition) is 4. The van der Waals surface area contributed by atoms with E-state index in [1.165, 1.54) is 0 Å². The molecular formula is C20H33NO4. The van der Waals surface area contributed by atoms with Crippen LogP contribution in [0.4, 0.5) is 0 Å². The lowest BCUT2D eigenvalue weighted by molar-refractivity contribution is -0.215. The van der Waals surface area contributed by atoms with E-state index >= 15 is 0 Å². The quantitative estimate of drug-likeness (QED) is 0.580. The van der Waals surface area contributed by atoms with Crippen LogP contribution in [-0.2, 0) is 4.79 Å². The molecule has 2 unspecified atom stereocenters. The van der Waals surface area contributed by atoms with Gasteiger partial charge in [-0.3, -0.25) is 4.79 Å². The zero-order valence-electron chi connectivity index (χ0n) is 15.5. The number of aliphatic carboxylic acids is 1. The molecular weight excluding hydrogens is 318 g/mol. The minimum Gasteiger partial charge on any atom is -0.480 e. The van der Waals surface area contributed by atoms with Crippen molar-refractivity contribution in [3.8, 4) is 0 Å². The molecule has 0 saturated heterocycles. The number of carbonyl (C=O) groups is 1. The summed E-state index contributed by atoms with van der Waals surface area (Å²) < 4.78 is 0. The van der Waals surface area contributed by atoms with E-state index in [2.05, 4.69) is 6.92 Å². The molecule has 5 N–H and O–H groups in total. The van der Waals surface area contributed by atoms with Gasteiger partial charge >= 0.3 is 5.97 Å². The van der Waals surface area contributed by atoms with Crippen LogP contribution in [0.25, 0.3) is 0 Å². The number of nitrogens with two attached hydrogens (primary N) is 1. The SMILES string of the molecule is C[C@]12CCC3C(CC[C@@H]4C[C@@H](O)CC[C@]34C)[C@@]1(O)CC[C@@]2(N)C(=O)O. The summed E-state index contributed by atoms with van der Waals surface area (Å²) in [6.45, 7) is 4.28. The van der Waals surface area contributed by atoms with Crippen molar-refractivity contribution < 1.29 is 20.1 Å². The van der Waals surface area contributed by atoms with Gasteiger partial charge in [-0.1, -0.05) is 13.8 Å². The summed E-state index contributed by atoms with van der Waals surface area (Å²) in [5.74, 6) is 0.0968. The first-order chi connectivity index (χ1) is 11.6. The van der Waals surface area contributed by atoms with Crippen molar-refractivity contribution in [1.29, 1.82) is 0 Å². The Balaban J connectivity index is 1.71. The molecule has 0 bridgehead atoms. The molecule has 4 fully saturated rings. The predicted octanol–water partition coefficient (Wildman–Crippen LogP) is 2.29. The van der Waals surface area contributed by atoms with Crippen molar-refractivity contribution in [2.75, 3.05) is 0 Å². The lowest BCUT2D eigenvalue weighted by atomic mass is 9.43. The van der Waals surface area contributed by atoms with E-state index in [-0.39, 0.29) is 17.4 Å². The van der Waals surface area contributed by atoms with Crippen LogP contribution in [0.3, 0.4) is 0 Å². The van der Waals surface area contributed by atoms with Gasteiger partial charge in [0.25, 0.3) is 0 Å². The second kappa shape index (κ2) is 5.20. The molecule has 0 amide bonds. The number of aliphatic hydroxyl groups excluding tert-OH is 1. The van der Waals surface area contributed by atoms with E-state index in [0.717, 1.165) is 38.5 Å². The topological polar surface area (TPSA) is 104 Å². The van der Waals surface area contributed by atoms with E-state index in [1.54, 1.807) is 0 Å². The highest BCUT2D eigenvalue weighted by atomic mass is 16.4. The lowest BCUT2D eigenvalue weighted by Crippen LogP contribution is -2.69. The summed E-state index contributed by atoms with van der Waals surface area (Å²) in [5, 5.41) is 31.7. The average Bonchev–Trinajstić information content (AvgIpc) is 2.78. The highest BCUT2D eigenvalue weighted by Gasteiger charge is 2.73. The first-order valence-corrected chi connectivity index (χ1v) is 10.0. The molecule has 0 aliphatic heterocycles. The van der Waals surface area contributed by atoms with Crippen LogP contribution in [-0.4, -0.2) is 38.5 Å². The predicted molar refractivity (Wildman–Crippen MR) is 93.7 cm³/mol. The van der Waals surface area contributed by atoms with Crippen molar-refractivity contribution in [3.05, 3.63) is 0 Å². The molecule has 0 aromatic rings. The van der Waals surface area contributed by atoms with Crippen molar-refractivity contribution in [2.45, 2.75) is 88.9 Å². The lowest BCUT2D eigenvalue weighted by Gasteiger charge is -2.64. The zero-order chi connectivity index (χ0) is 18.3. The largest absolute Gasteiger partial charge is 0.480 e. The van der Waals surface area contributed by atoms with Crippen molar-refractivity contribution in [1.82, 2.24) is 0 Å². The zero-order valence-corrected chi connectivity index (χ0v) is 15.5. The molecule has 4 rings (SSSR count). The Morgan fingerprint density at radius 1 is 1.00 bits per heavy atom. The molecule has 5 heteroatoms. The van der Waals surface area contributed by atoms with Gasteiger partial charge in [0.1, 0.15) is 5.54 Å². The Morgan fingerprint density at radius 2 is 1.72 bits per heavy atom. The van der Waals surface area contributed by atoms with Gasteiger partial charge in [-0.2, -0.15) is 0 Å². The summed E-state index contributed by atoms with van der Waals surface area (Å²) in [6.07, 6.45) is 7.00. The third kappa shape index (κ3) is 1.98. The first kappa shape index (κ1) is 17.7. The van der Waals surface area contributed by atoms with Gasteiger partial charge in [-0.25, -0.2) is 0 Å². The van der Waals surface area contributed by atoms with Crippen LogP contribution in [0.1, 0.15) is 71.6 Å².